The zero-order valence-corrected chi connectivity index (χ0v) is 12.0. The van der Waals surface area contributed by atoms with Gasteiger partial charge in [0.15, 0.2) is 0 Å². The Labute approximate surface area is 125 Å². The van der Waals surface area contributed by atoms with E-state index >= 15 is 0 Å². The van der Waals surface area contributed by atoms with Gasteiger partial charge in [-0.15, -0.1) is 0 Å². The van der Waals surface area contributed by atoms with E-state index in [9.17, 15) is 9.90 Å². The van der Waals surface area contributed by atoms with Crippen LogP contribution in [-0.2, 0) is 11.2 Å². The SMILES string of the molecule is O=C(O)C(Cc1ccccc1C1CCC1)c1ccccc1. The van der Waals surface area contributed by atoms with Gasteiger partial charge in [0.25, 0.3) is 0 Å². The Kier molecular flexibility index (Phi) is 4.05. The Bertz CT molecular complexity index is 614. The zero-order chi connectivity index (χ0) is 14.7. The second kappa shape index (κ2) is 6.13. The summed E-state index contributed by atoms with van der Waals surface area (Å²) in [5.41, 5.74) is 3.43. The molecule has 0 bridgehead atoms. The maximum Gasteiger partial charge on any atom is 0.311 e. The summed E-state index contributed by atoms with van der Waals surface area (Å²) in [6.45, 7) is 0. The van der Waals surface area contributed by atoms with Crippen LogP contribution in [0.1, 0.15) is 47.8 Å². The average molecular weight is 280 g/mol. The maximum atomic E-state index is 11.7. The first-order valence-corrected chi connectivity index (χ1v) is 7.61. The Balaban J connectivity index is 1.88. The summed E-state index contributed by atoms with van der Waals surface area (Å²) >= 11 is 0. The molecule has 0 spiro atoms. The van der Waals surface area contributed by atoms with Crippen LogP contribution in [0.25, 0.3) is 0 Å². The number of carboxylic acid groups (broad SMARTS) is 1. The van der Waals surface area contributed by atoms with Crippen molar-refractivity contribution in [2.45, 2.75) is 37.5 Å². The Morgan fingerprint density at radius 3 is 2.33 bits per heavy atom. The molecule has 2 aromatic carbocycles. The van der Waals surface area contributed by atoms with Gasteiger partial charge in [-0.25, -0.2) is 0 Å². The minimum absolute atomic E-state index is 0.465. The number of hydrogen-bond donors (Lipinski definition) is 1. The van der Waals surface area contributed by atoms with Crippen LogP contribution in [-0.4, -0.2) is 11.1 Å². The molecule has 108 valence electrons. The van der Waals surface area contributed by atoms with Crippen molar-refractivity contribution in [2.75, 3.05) is 0 Å². The van der Waals surface area contributed by atoms with Gasteiger partial charge in [-0.1, -0.05) is 61.0 Å². The lowest BCUT2D eigenvalue weighted by Crippen LogP contribution is -2.17. The second-order valence-corrected chi connectivity index (χ2v) is 5.83. The summed E-state index contributed by atoms with van der Waals surface area (Å²) in [5, 5.41) is 9.59. The molecule has 0 amide bonds. The minimum atomic E-state index is -0.746. The Morgan fingerprint density at radius 1 is 1.05 bits per heavy atom. The topological polar surface area (TPSA) is 37.3 Å². The predicted octanol–water partition coefficient (Wildman–Crippen LogP) is 4.37. The summed E-state index contributed by atoms with van der Waals surface area (Å²) in [7, 11) is 0. The van der Waals surface area contributed by atoms with Crippen molar-refractivity contribution in [2.24, 2.45) is 0 Å². The van der Waals surface area contributed by atoms with Crippen molar-refractivity contribution >= 4 is 5.97 Å². The lowest BCUT2D eigenvalue weighted by Gasteiger charge is -2.28. The summed E-state index contributed by atoms with van der Waals surface area (Å²) in [5.74, 6) is -0.580. The van der Waals surface area contributed by atoms with Gasteiger partial charge < -0.3 is 5.11 Å². The van der Waals surface area contributed by atoms with Crippen LogP contribution in [0, 0.1) is 0 Å². The van der Waals surface area contributed by atoms with Crippen LogP contribution in [0.2, 0.25) is 0 Å². The van der Waals surface area contributed by atoms with Gasteiger partial charge in [-0.05, 0) is 41.9 Å². The first-order chi connectivity index (χ1) is 10.3. The number of benzene rings is 2. The molecule has 1 unspecified atom stereocenters. The van der Waals surface area contributed by atoms with Crippen molar-refractivity contribution in [3.8, 4) is 0 Å². The van der Waals surface area contributed by atoms with Crippen LogP contribution in [0.3, 0.4) is 0 Å². The molecule has 1 aliphatic carbocycles. The van der Waals surface area contributed by atoms with Crippen molar-refractivity contribution in [1.29, 1.82) is 0 Å². The highest BCUT2D eigenvalue weighted by Crippen LogP contribution is 2.39. The van der Waals surface area contributed by atoms with Gasteiger partial charge in [-0.3, -0.25) is 4.79 Å². The van der Waals surface area contributed by atoms with E-state index < -0.39 is 11.9 Å². The molecule has 2 heteroatoms. The van der Waals surface area contributed by atoms with Gasteiger partial charge in [-0.2, -0.15) is 0 Å². The molecule has 1 atom stereocenters. The number of carboxylic acids is 1. The Hall–Kier alpha value is -2.09. The average Bonchev–Trinajstić information content (AvgIpc) is 2.45. The molecule has 0 radical (unpaired) electrons. The highest BCUT2D eigenvalue weighted by molar-refractivity contribution is 5.76. The van der Waals surface area contributed by atoms with Gasteiger partial charge in [0, 0.05) is 0 Å². The summed E-state index contributed by atoms with van der Waals surface area (Å²) in [4.78, 5) is 11.7. The van der Waals surface area contributed by atoms with E-state index in [4.69, 9.17) is 0 Å². The highest BCUT2D eigenvalue weighted by atomic mass is 16.4. The fraction of sp³-hybridized carbons (Fsp3) is 0.316. The van der Waals surface area contributed by atoms with E-state index in [1.807, 2.05) is 36.4 Å². The minimum Gasteiger partial charge on any atom is -0.481 e. The van der Waals surface area contributed by atoms with E-state index in [0.717, 1.165) is 5.56 Å². The fourth-order valence-electron chi connectivity index (χ4n) is 3.09. The first-order valence-electron chi connectivity index (χ1n) is 7.61. The normalized spacial score (nSPS) is 16.2. The zero-order valence-electron chi connectivity index (χ0n) is 12.0. The molecular formula is C19H20O2. The Morgan fingerprint density at radius 2 is 1.71 bits per heavy atom. The van der Waals surface area contributed by atoms with E-state index in [0.29, 0.717) is 12.3 Å². The molecule has 0 aliphatic heterocycles. The molecule has 1 saturated carbocycles. The van der Waals surface area contributed by atoms with Crippen molar-refractivity contribution < 1.29 is 9.90 Å². The quantitative estimate of drug-likeness (QED) is 0.883. The van der Waals surface area contributed by atoms with Gasteiger partial charge >= 0.3 is 5.97 Å². The smallest absolute Gasteiger partial charge is 0.311 e. The van der Waals surface area contributed by atoms with Gasteiger partial charge in [0.1, 0.15) is 0 Å². The summed E-state index contributed by atoms with van der Waals surface area (Å²) in [6, 6.07) is 17.9. The third-order valence-corrected chi connectivity index (χ3v) is 4.52. The van der Waals surface area contributed by atoms with Gasteiger partial charge in [0.2, 0.25) is 0 Å². The molecule has 1 fully saturated rings. The van der Waals surface area contributed by atoms with Crippen molar-refractivity contribution in [3.05, 3.63) is 71.3 Å². The number of aliphatic carboxylic acids is 1. The van der Waals surface area contributed by atoms with E-state index in [1.165, 1.54) is 30.4 Å². The molecule has 21 heavy (non-hydrogen) atoms. The predicted molar refractivity (Wildman–Crippen MR) is 83.6 cm³/mol. The molecule has 2 nitrogen and oxygen atoms in total. The standard InChI is InChI=1S/C19H20O2/c20-19(21)18(15-7-2-1-3-8-15)13-16-9-4-5-12-17(16)14-10-6-11-14/h1-5,7-9,12,14,18H,6,10-11,13H2,(H,20,21). The van der Waals surface area contributed by atoms with Crippen LogP contribution >= 0.6 is 0 Å². The second-order valence-electron chi connectivity index (χ2n) is 5.83. The van der Waals surface area contributed by atoms with E-state index in [1.54, 1.807) is 0 Å². The number of carbonyl (C=O) groups is 1. The monoisotopic (exact) mass is 280 g/mol. The number of rotatable bonds is 5. The van der Waals surface area contributed by atoms with E-state index in [-0.39, 0.29) is 0 Å². The first kappa shape index (κ1) is 13.9. The molecule has 2 aromatic rings. The molecule has 0 aromatic heterocycles. The van der Waals surface area contributed by atoms with Crippen LogP contribution in [0.4, 0.5) is 0 Å². The van der Waals surface area contributed by atoms with Crippen molar-refractivity contribution in [1.82, 2.24) is 0 Å². The number of hydrogen-bond acceptors (Lipinski definition) is 1. The molecular weight excluding hydrogens is 260 g/mol. The van der Waals surface area contributed by atoms with Crippen molar-refractivity contribution in [3.63, 3.8) is 0 Å². The molecule has 0 heterocycles. The lowest BCUT2D eigenvalue weighted by atomic mass is 9.76. The van der Waals surface area contributed by atoms with E-state index in [2.05, 4.69) is 18.2 Å². The third kappa shape index (κ3) is 2.99. The summed E-state index contributed by atoms with van der Waals surface area (Å²) in [6.07, 6.45) is 4.34. The maximum absolute atomic E-state index is 11.7. The molecule has 3 rings (SSSR count). The molecule has 1 N–H and O–H groups in total. The fourth-order valence-corrected chi connectivity index (χ4v) is 3.09. The largest absolute Gasteiger partial charge is 0.481 e. The molecule has 0 saturated heterocycles. The molecule has 1 aliphatic rings. The third-order valence-electron chi connectivity index (χ3n) is 4.52. The highest BCUT2D eigenvalue weighted by Gasteiger charge is 2.25. The van der Waals surface area contributed by atoms with Crippen LogP contribution in [0.5, 0.6) is 0 Å². The van der Waals surface area contributed by atoms with Crippen LogP contribution in [0.15, 0.2) is 54.6 Å². The van der Waals surface area contributed by atoms with Crippen LogP contribution < -0.4 is 0 Å². The van der Waals surface area contributed by atoms with Gasteiger partial charge in [0.05, 0.1) is 5.92 Å². The lowest BCUT2D eigenvalue weighted by molar-refractivity contribution is -0.138. The summed E-state index contributed by atoms with van der Waals surface area (Å²) < 4.78 is 0.